The minimum atomic E-state index is -0.547. The number of benzene rings is 1. The Labute approximate surface area is 95.4 Å². The van der Waals surface area contributed by atoms with E-state index in [4.69, 9.17) is 9.25 Å². The molecule has 0 saturated carbocycles. The molecule has 0 unspecified atom stereocenters. The SMILES string of the molecule is O=C(On1nnc2ccccc21)c1ccoc1. The zero-order chi connectivity index (χ0) is 11.7. The Hall–Kier alpha value is -2.63. The van der Waals surface area contributed by atoms with E-state index in [0.29, 0.717) is 16.6 Å². The summed E-state index contributed by atoms with van der Waals surface area (Å²) in [7, 11) is 0. The van der Waals surface area contributed by atoms with Crippen LogP contribution >= 0.6 is 0 Å². The topological polar surface area (TPSA) is 70.2 Å². The van der Waals surface area contributed by atoms with E-state index in [0.717, 1.165) is 4.85 Å². The molecule has 0 fully saturated rings. The fraction of sp³-hybridized carbons (Fsp3) is 0. The molecule has 0 radical (unpaired) electrons. The number of hydrogen-bond acceptors (Lipinski definition) is 5. The minimum Gasteiger partial charge on any atom is -0.472 e. The molecule has 17 heavy (non-hydrogen) atoms. The van der Waals surface area contributed by atoms with Crippen LogP contribution in [0.3, 0.4) is 0 Å². The van der Waals surface area contributed by atoms with Crippen molar-refractivity contribution < 1.29 is 14.0 Å². The lowest BCUT2D eigenvalue weighted by Crippen LogP contribution is -2.20. The van der Waals surface area contributed by atoms with E-state index in [1.54, 1.807) is 12.1 Å². The van der Waals surface area contributed by atoms with Crippen LogP contribution in [0.1, 0.15) is 10.4 Å². The van der Waals surface area contributed by atoms with Gasteiger partial charge < -0.3 is 9.25 Å². The van der Waals surface area contributed by atoms with Gasteiger partial charge in [-0.2, -0.15) is 0 Å². The second-order valence-electron chi connectivity index (χ2n) is 3.34. The molecule has 0 aliphatic carbocycles. The van der Waals surface area contributed by atoms with Gasteiger partial charge in [-0.25, -0.2) is 4.79 Å². The predicted molar refractivity (Wildman–Crippen MR) is 57.1 cm³/mol. The normalized spacial score (nSPS) is 10.6. The molecule has 3 aromatic rings. The maximum Gasteiger partial charge on any atom is 0.369 e. The van der Waals surface area contributed by atoms with Gasteiger partial charge >= 0.3 is 5.97 Å². The molecule has 0 aliphatic rings. The van der Waals surface area contributed by atoms with E-state index >= 15 is 0 Å². The fourth-order valence-electron chi connectivity index (χ4n) is 1.43. The summed E-state index contributed by atoms with van der Waals surface area (Å²) in [4.78, 5) is 17.8. The molecule has 0 spiro atoms. The van der Waals surface area contributed by atoms with Gasteiger partial charge in [0.05, 0.1) is 6.26 Å². The van der Waals surface area contributed by atoms with E-state index < -0.39 is 5.97 Å². The Morgan fingerprint density at radius 2 is 2.18 bits per heavy atom. The van der Waals surface area contributed by atoms with Crippen LogP contribution in [-0.2, 0) is 0 Å². The fourth-order valence-corrected chi connectivity index (χ4v) is 1.43. The third-order valence-corrected chi connectivity index (χ3v) is 2.25. The van der Waals surface area contributed by atoms with Crippen molar-refractivity contribution in [2.75, 3.05) is 0 Å². The summed E-state index contributed by atoms with van der Waals surface area (Å²) in [6.07, 6.45) is 2.71. The number of carbonyl (C=O) groups is 1. The van der Waals surface area contributed by atoms with Crippen LogP contribution < -0.4 is 4.84 Å². The van der Waals surface area contributed by atoms with Crippen molar-refractivity contribution in [3.63, 3.8) is 0 Å². The molecular weight excluding hydrogens is 222 g/mol. The molecule has 6 heteroatoms. The van der Waals surface area contributed by atoms with Gasteiger partial charge in [-0.05, 0) is 23.4 Å². The first-order chi connectivity index (χ1) is 8.34. The number of nitrogens with zero attached hydrogens (tertiary/aromatic N) is 3. The average Bonchev–Trinajstić information content (AvgIpc) is 2.98. The van der Waals surface area contributed by atoms with Crippen molar-refractivity contribution in [3.05, 3.63) is 48.4 Å². The number of furan rings is 1. The Balaban J connectivity index is 1.93. The van der Waals surface area contributed by atoms with Crippen LogP contribution in [0.2, 0.25) is 0 Å². The van der Waals surface area contributed by atoms with Gasteiger partial charge in [0.2, 0.25) is 0 Å². The standard InChI is InChI=1S/C11H7N3O3/c15-11(8-5-6-16-7-8)17-14-10-4-2-1-3-9(10)12-13-14/h1-7H. The van der Waals surface area contributed by atoms with Crippen LogP contribution in [0.15, 0.2) is 47.3 Å². The van der Waals surface area contributed by atoms with Crippen molar-refractivity contribution in [2.24, 2.45) is 0 Å². The molecule has 1 aromatic carbocycles. The number of para-hydroxylation sites is 1. The van der Waals surface area contributed by atoms with Gasteiger partial charge in [-0.3, -0.25) is 0 Å². The van der Waals surface area contributed by atoms with Crippen molar-refractivity contribution in [1.29, 1.82) is 0 Å². The molecule has 84 valence electrons. The summed E-state index contributed by atoms with van der Waals surface area (Å²) in [6, 6.07) is 8.71. The highest BCUT2D eigenvalue weighted by Crippen LogP contribution is 2.09. The van der Waals surface area contributed by atoms with Gasteiger partial charge in [-0.15, -0.1) is 5.10 Å². The van der Waals surface area contributed by atoms with Crippen LogP contribution in [0.4, 0.5) is 0 Å². The van der Waals surface area contributed by atoms with Gasteiger partial charge in [0.25, 0.3) is 0 Å². The lowest BCUT2D eigenvalue weighted by Gasteiger charge is -2.00. The van der Waals surface area contributed by atoms with E-state index in [2.05, 4.69) is 10.3 Å². The number of rotatable bonds is 2. The number of carbonyl (C=O) groups excluding carboxylic acids is 1. The summed E-state index contributed by atoms with van der Waals surface area (Å²) in [5.41, 5.74) is 1.61. The summed E-state index contributed by atoms with van der Waals surface area (Å²) in [6.45, 7) is 0. The Bertz CT molecular complexity index is 657. The third kappa shape index (κ3) is 1.65. The molecule has 6 nitrogen and oxygen atoms in total. The first-order valence-corrected chi connectivity index (χ1v) is 4.90. The predicted octanol–water partition coefficient (Wildman–Crippen LogP) is 1.29. The van der Waals surface area contributed by atoms with Crippen molar-refractivity contribution in [2.45, 2.75) is 0 Å². The van der Waals surface area contributed by atoms with E-state index in [-0.39, 0.29) is 0 Å². The second kappa shape index (κ2) is 3.75. The lowest BCUT2D eigenvalue weighted by molar-refractivity contribution is 0.0408. The summed E-state index contributed by atoms with van der Waals surface area (Å²) < 4.78 is 4.80. The maximum absolute atomic E-state index is 11.6. The average molecular weight is 229 g/mol. The summed E-state index contributed by atoms with van der Waals surface area (Å²) >= 11 is 0. The van der Waals surface area contributed by atoms with Gasteiger partial charge in [0, 0.05) is 0 Å². The van der Waals surface area contributed by atoms with Crippen LogP contribution in [-0.4, -0.2) is 21.1 Å². The largest absolute Gasteiger partial charge is 0.472 e. The zero-order valence-corrected chi connectivity index (χ0v) is 8.61. The van der Waals surface area contributed by atoms with Gasteiger partial charge in [0.15, 0.2) is 0 Å². The minimum absolute atomic E-state index is 0.324. The monoisotopic (exact) mass is 229 g/mol. The number of fused-ring (bicyclic) bond motifs is 1. The lowest BCUT2D eigenvalue weighted by atomic mass is 10.3. The zero-order valence-electron chi connectivity index (χ0n) is 8.61. The maximum atomic E-state index is 11.6. The van der Waals surface area contributed by atoms with E-state index in [1.807, 2.05) is 12.1 Å². The highest BCUT2D eigenvalue weighted by atomic mass is 16.7. The molecule has 3 rings (SSSR count). The van der Waals surface area contributed by atoms with Crippen molar-refractivity contribution in [3.8, 4) is 0 Å². The molecule has 0 saturated heterocycles. The molecular formula is C11H7N3O3. The van der Waals surface area contributed by atoms with Crippen molar-refractivity contribution in [1.82, 2.24) is 15.2 Å². The Kier molecular flexibility index (Phi) is 2.11. The molecule has 0 atom stereocenters. The van der Waals surface area contributed by atoms with E-state index in [1.165, 1.54) is 18.6 Å². The molecule has 0 aliphatic heterocycles. The van der Waals surface area contributed by atoms with E-state index in [9.17, 15) is 4.79 Å². The molecule has 2 heterocycles. The number of aromatic nitrogens is 3. The molecule has 2 aromatic heterocycles. The smallest absolute Gasteiger partial charge is 0.369 e. The Morgan fingerprint density at radius 1 is 1.29 bits per heavy atom. The van der Waals surface area contributed by atoms with Crippen LogP contribution in [0.25, 0.3) is 11.0 Å². The second-order valence-corrected chi connectivity index (χ2v) is 3.34. The highest BCUT2D eigenvalue weighted by Gasteiger charge is 2.12. The Morgan fingerprint density at radius 3 is 3.00 bits per heavy atom. The molecule has 0 N–H and O–H groups in total. The first-order valence-electron chi connectivity index (χ1n) is 4.90. The van der Waals surface area contributed by atoms with Crippen LogP contribution in [0.5, 0.6) is 0 Å². The number of hydrogen-bond donors (Lipinski definition) is 0. The van der Waals surface area contributed by atoms with Crippen LogP contribution in [0, 0.1) is 0 Å². The van der Waals surface area contributed by atoms with Gasteiger partial charge in [-0.1, -0.05) is 17.0 Å². The summed E-state index contributed by atoms with van der Waals surface area (Å²) in [5, 5.41) is 7.60. The first kappa shape index (κ1) is 9.59. The van der Waals surface area contributed by atoms with Gasteiger partial charge in [0.1, 0.15) is 22.9 Å². The quantitative estimate of drug-likeness (QED) is 0.619. The molecule has 0 bridgehead atoms. The van der Waals surface area contributed by atoms with Crippen molar-refractivity contribution >= 4 is 17.0 Å². The highest BCUT2D eigenvalue weighted by molar-refractivity contribution is 5.89. The molecule has 0 amide bonds. The third-order valence-electron chi connectivity index (χ3n) is 2.25. The summed E-state index contributed by atoms with van der Waals surface area (Å²) in [5.74, 6) is -0.547.